The number of carboxylic acid groups (broad SMARTS) is 1. The van der Waals surface area contributed by atoms with E-state index in [0.29, 0.717) is 18.6 Å². The van der Waals surface area contributed by atoms with E-state index in [0.717, 1.165) is 25.7 Å². The van der Waals surface area contributed by atoms with Crippen molar-refractivity contribution in [3.63, 3.8) is 0 Å². The minimum atomic E-state index is -0.826. The highest BCUT2D eigenvalue weighted by Gasteiger charge is 2.30. The minimum absolute atomic E-state index is 0.244. The molecule has 1 amide bonds. The number of furan rings is 1. The molecule has 0 aliphatic heterocycles. The molecule has 110 valence electrons. The first kappa shape index (κ1) is 14.6. The molecule has 2 N–H and O–H groups in total. The second-order valence-electron chi connectivity index (χ2n) is 5.43. The van der Waals surface area contributed by atoms with E-state index in [1.807, 2.05) is 0 Å². The van der Waals surface area contributed by atoms with Crippen molar-refractivity contribution in [1.82, 2.24) is 5.32 Å². The lowest BCUT2D eigenvalue weighted by molar-refractivity contribution is -0.143. The fourth-order valence-corrected chi connectivity index (χ4v) is 2.75. The summed E-state index contributed by atoms with van der Waals surface area (Å²) < 4.78 is 5.28. The summed E-state index contributed by atoms with van der Waals surface area (Å²) in [4.78, 5) is 23.5. The lowest BCUT2D eigenvalue weighted by Crippen LogP contribution is -2.43. The number of hydrogen-bond acceptors (Lipinski definition) is 3. The van der Waals surface area contributed by atoms with Gasteiger partial charge in [-0.05, 0) is 31.9 Å². The van der Waals surface area contributed by atoms with Crippen LogP contribution in [0.15, 0.2) is 16.5 Å². The number of carboxylic acids is 1. The molecule has 0 aromatic carbocycles. The Morgan fingerprint density at radius 2 is 1.90 bits per heavy atom. The third kappa shape index (κ3) is 3.62. The van der Waals surface area contributed by atoms with Crippen molar-refractivity contribution >= 4 is 11.9 Å². The summed E-state index contributed by atoms with van der Waals surface area (Å²) in [5.41, 5.74) is 0. The zero-order chi connectivity index (χ0) is 14.5. The third-order valence-corrected chi connectivity index (χ3v) is 3.86. The lowest BCUT2D eigenvalue weighted by atomic mass is 9.86. The summed E-state index contributed by atoms with van der Waals surface area (Å²) in [6.07, 6.45) is 5.36. The van der Waals surface area contributed by atoms with E-state index >= 15 is 0 Å². The van der Waals surface area contributed by atoms with E-state index in [-0.39, 0.29) is 17.7 Å². The molecule has 0 spiro atoms. The van der Waals surface area contributed by atoms with Gasteiger partial charge in [-0.3, -0.25) is 9.59 Å². The molecule has 2 rings (SSSR count). The number of carbonyl (C=O) groups is 2. The van der Waals surface area contributed by atoms with Crippen molar-refractivity contribution in [1.29, 1.82) is 0 Å². The maximum Gasteiger partial charge on any atom is 0.308 e. The first-order valence-electron chi connectivity index (χ1n) is 7.18. The van der Waals surface area contributed by atoms with Crippen LogP contribution in [0.3, 0.4) is 0 Å². The fraction of sp³-hybridized carbons (Fsp3) is 0.600. The average Bonchev–Trinajstić information content (AvgIpc) is 2.79. The monoisotopic (exact) mass is 279 g/mol. The summed E-state index contributed by atoms with van der Waals surface area (Å²) in [5, 5.41) is 12.2. The molecule has 2 atom stereocenters. The Bertz CT molecular complexity index is 480. The van der Waals surface area contributed by atoms with Crippen LogP contribution in [0.5, 0.6) is 0 Å². The molecule has 5 heteroatoms. The molecule has 1 aliphatic carbocycles. The van der Waals surface area contributed by atoms with Crippen molar-refractivity contribution in [3.8, 4) is 0 Å². The summed E-state index contributed by atoms with van der Waals surface area (Å²) in [6, 6.07) is 3.02. The molecule has 0 radical (unpaired) electrons. The fourth-order valence-electron chi connectivity index (χ4n) is 2.75. The molecule has 1 aliphatic rings. The van der Waals surface area contributed by atoms with Gasteiger partial charge in [-0.2, -0.15) is 0 Å². The van der Waals surface area contributed by atoms with Gasteiger partial charge >= 0.3 is 5.97 Å². The Kier molecular flexibility index (Phi) is 4.82. The molecule has 1 heterocycles. The summed E-state index contributed by atoms with van der Waals surface area (Å²) in [7, 11) is 0. The van der Waals surface area contributed by atoms with Crippen LogP contribution < -0.4 is 5.32 Å². The summed E-state index contributed by atoms with van der Waals surface area (Å²) >= 11 is 0. The van der Waals surface area contributed by atoms with Crippen molar-refractivity contribution < 1.29 is 19.1 Å². The van der Waals surface area contributed by atoms with E-state index < -0.39 is 11.9 Å². The normalized spacial score (nSPS) is 23.6. The molecule has 0 saturated heterocycles. The van der Waals surface area contributed by atoms with E-state index in [1.54, 1.807) is 19.1 Å². The second kappa shape index (κ2) is 6.59. The SMILES string of the molecule is Cc1ccc(C(=O)NC2CCCCCCC2C(=O)O)o1. The van der Waals surface area contributed by atoms with Crippen LogP contribution in [-0.4, -0.2) is 23.0 Å². The summed E-state index contributed by atoms with van der Waals surface area (Å²) in [5.74, 6) is -0.741. The first-order chi connectivity index (χ1) is 9.58. The number of amides is 1. The molecule has 0 bridgehead atoms. The molecular formula is C15H21NO4. The van der Waals surface area contributed by atoms with E-state index in [4.69, 9.17) is 4.42 Å². The lowest BCUT2D eigenvalue weighted by Gasteiger charge is -2.26. The molecule has 1 saturated carbocycles. The minimum Gasteiger partial charge on any atom is -0.481 e. The maximum absolute atomic E-state index is 12.1. The van der Waals surface area contributed by atoms with Gasteiger partial charge in [0, 0.05) is 6.04 Å². The Morgan fingerprint density at radius 1 is 1.20 bits per heavy atom. The molecule has 1 aromatic heterocycles. The van der Waals surface area contributed by atoms with Crippen LogP contribution in [0.2, 0.25) is 0 Å². The standard InChI is InChI=1S/C15H21NO4/c1-10-8-9-13(20-10)14(17)16-12-7-5-3-2-4-6-11(12)15(18)19/h8-9,11-12H,2-7H2,1H3,(H,16,17)(H,18,19). The van der Waals surface area contributed by atoms with Crippen LogP contribution in [0.4, 0.5) is 0 Å². The highest BCUT2D eigenvalue weighted by molar-refractivity contribution is 5.92. The van der Waals surface area contributed by atoms with Crippen molar-refractivity contribution in [2.75, 3.05) is 0 Å². The van der Waals surface area contributed by atoms with Gasteiger partial charge in [-0.1, -0.05) is 25.7 Å². The van der Waals surface area contributed by atoms with Crippen LogP contribution in [0.25, 0.3) is 0 Å². The maximum atomic E-state index is 12.1. The quantitative estimate of drug-likeness (QED) is 0.891. The van der Waals surface area contributed by atoms with Crippen LogP contribution in [-0.2, 0) is 4.79 Å². The van der Waals surface area contributed by atoms with E-state index in [2.05, 4.69) is 5.32 Å². The predicted molar refractivity (Wildman–Crippen MR) is 73.5 cm³/mol. The average molecular weight is 279 g/mol. The molecule has 2 unspecified atom stereocenters. The van der Waals surface area contributed by atoms with Crippen molar-refractivity contribution in [2.24, 2.45) is 5.92 Å². The van der Waals surface area contributed by atoms with Gasteiger partial charge in [-0.25, -0.2) is 0 Å². The van der Waals surface area contributed by atoms with Gasteiger partial charge in [0.1, 0.15) is 5.76 Å². The van der Waals surface area contributed by atoms with Crippen molar-refractivity contribution in [2.45, 2.75) is 51.5 Å². The Labute approximate surface area is 118 Å². The number of aryl methyl sites for hydroxylation is 1. The third-order valence-electron chi connectivity index (χ3n) is 3.86. The van der Waals surface area contributed by atoms with Gasteiger partial charge in [-0.15, -0.1) is 0 Å². The number of nitrogens with one attached hydrogen (secondary N) is 1. The number of rotatable bonds is 3. The first-order valence-corrected chi connectivity index (χ1v) is 7.18. The Balaban J connectivity index is 2.06. The zero-order valence-electron chi connectivity index (χ0n) is 11.7. The largest absolute Gasteiger partial charge is 0.481 e. The topological polar surface area (TPSA) is 79.5 Å². The number of hydrogen-bond donors (Lipinski definition) is 2. The highest BCUT2D eigenvalue weighted by Crippen LogP contribution is 2.23. The predicted octanol–water partition coefficient (Wildman–Crippen LogP) is 2.74. The van der Waals surface area contributed by atoms with Gasteiger partial charge in [0.05, 0.1) is 5.92 Å². The van der Waals surface area contributed by atoms with Gasteiger partial charge in [0.25, 0.3) is 5.91 Å². The number of carbonyl (C=O) groups excluding carboxylic acids is 1. The molecule has 1 aromatic rings. The molecule has 1 fully saturated rings. The molecule has 5 nitrogen and oxygen atoms in total. The van der Waals surface area contributed by atoms with Crippen LogP contribution >= 0.6 is 0 Å². The second-order valence-corrected chi connectivity index (χ2v) is 5.43. The smallest absolute Gasteiger partial charge is 0.308 e. The highest BCUT2D eigenvalue weighted by atomic mass is 16.4. The zero-order valence-corrected chi connectivity index (χ0v) is 11.7. The van der Waals surface area contributed by atoms with Gasteiger partial charge in [0.2, 0.25) is 0 Å². The van der Waals surface area contributed by atoms with E-state index in [9.17, 15) is 14.7 Å². The molecular weight excluding hydrogens is 258 g/mol. The number of aliphatic carboxylic acids is 1. The summed E-state index contributed by atoms with van der Waals surface area (Å²) in [6.45, 7) is 1.77. The Morgan fingerprint density at radius 3 is 2.50 bits per heavy atom. The van der Waals surface area contributed by atoms with Gasteiger partial charge < -0.3 is 14.8 Å². The van der Waals surface area contributed by atoms with Crippen molar-refractivity contribution in [3.05, 3.63) is 23.7 Å². The molecule has 20 heavy (non-hydrogen) atoms. The van der Waals surface area contributed by atoms with Crippen LogP contribution in [0, 0.1) is 12.8 Å². The Hall–Kier alpha value is -1.78. The van der Waals surface area contributed by atoms with Gasteiger partial charge in [0.15, 0.2) is 5.76 Å². The van der Waals surface area contributed by atoms with E-state index in [1.165, 1.54) is 0 Å². The van der Waals surface area contributed by atoms with Crippen LogP contribution in [0.1, 0.15) is 54.8 Å².